The summed E-state index contributed by atoms with van der Waals surface area (Å²) in [6.07, 6.45) is 9.24. The summed E-state index contributed by atoms with van der Waals surface area (Å²) in [6.45, 7) is 0.606. The van der Waals surface area contributed by atoms with Crippen LogP contribution in [0.25, 0.3) is 17.3 Å². The van der Waals surface area contributed by atoms with Crippen LogP contribution in [0.3, 0.4) is 0 Å². The van der Waals surface area contributed by atoms with Gasteiger partial charge in [-0.15, -0.1) is 0 Å². The van der Waals surface area contributed by atoms with Crippen LogP contribution >= 0.6 is 0 Å². The van der Waals surface area contributed by atoms with Crippen LogP contribution in [-0.2, 0) is 11.8 Å². The van der Waals surface area contributed by atoms with E-state index in [-0.39, 0.29) is 18.1 Å². The number of methoxy groups -OCH3 is 2. The first-order valence-corrected chi connectivity index (χ1v) is 11.2. The number of aryl methyl sites for hydroxylation is 1. The predicted molar refractivity (Wildman–Crippen MR) is 126 cm³/mol. The molecule has 2 aliphatic rings. The fourth-order valence-corrected chi connectivity index (χ4v) is 4.34. The molecule has 0 spiro atoms. The topological polar surface area (TPSA) is 107 Å². The van der Waals surface area contributed by atoms with Gasteiger partial charge in [0.25, 0.3) is 0 Å². The van der Waals surface area contributed by atoms with Gasteiger partial charge in [-0.25, -0.2) is 9.98 Å². The zero-order chi connectivity index (χ0) is 23.7. The zero-order valence-corrected chi connectivity index (χ0v) is 19.4. The number of carbonyl (C=O) groups is 1. The van der Waals surface area contributed by atoms with Gasteiger partial charge in [0.2, 0.25) is 5.91 Å². The first-order valence-electron chi connectivity index (χ1n) is 11.2. The van der Waals surface area contributed by atoms with Crippen molar-refractivity contribution in [3.63, 3.8) is 0 Å². The molecule has 2 aromatic heterocycles. The molecule has 0 saturated carbocycles. The van der Waals surface area contributed by atoms with Crippen molar-refractivity contribution in [1.29, 1.82) is 0 Å². The maximum atomic E-state index is 11.9. The molecule has 10 heteroatoms. The number of amides is 1. The van der Waals surface area contributed by atoms with Crippen molar-refractivity contribution in [1.82, 2.24) is 25.1 Å². The van der Waals surface area contributed by atoms with E-state index in [0.29, 0.717) is 36.4 Å². The van der Waals surface area contributed by atoms with Crippen molar-refractivity contribution >= 4 is 17.7 Å². The first kappa shape index (κ1) is 21.9. The first-order chi connectivity index (χ1) is 16.5. The number of fused-ring (bicyclic) bond motifs is 1. The van der Waals surface area contributed by atoms with Crippen LogP contribution in [0.5, 0.6) is 11.5 Å². The second-order valence-corrected chi connectivity index (χ2v) is 8.44. The molecule has 0 aliphatic carbocycles. The van der Waals surface area contributed by atoms with Gasteiger partial charge in [-0.3, -0.25) is 14.5 Å². The van der Waals surface area contributed by atoms with E-state index in [1.807, 2.05) is 31.4 Å². The average Bonchev–Trinajstić information content (AvgIpc) is 3.49. The van der Waals surface area contributed by atoms with Crippen LogP contribution in [0.1, 0.15) is 19.3 Å². The van der Waals surface area contributed by atoms with Gasteiger partial charge in [-0.05, 0) is 6.42 Å². The smallest absolute Gasteiger partial charge is 0.220 e. The third kappa shape index (κ3) is 4.43. The highest BCUT2D eigenvalue weighted by atomic mass is 16.5. The number of rotatable bonds is 7. The Kier molecular flexibility index (Phi) is 5.87. The molecule has 2 aliphatic heterocycles. The molecule has 1 fully saturated rings. The van der Waals surface area contributed by atoms with Crippen LogP contribution in [0, 0.1) is 0 Å². The Morgan fingerprint density at radius 3 is 2.62 bits per heavy atom. The Morgan fingerprint density at radius 1 is 1.18 bits per heavy atom. The third-order valence-electron chi connectivity index (χ3n) is 6.11. The molecule has 5 rings (SSSR count). The number of carbonyl (C=O) groups excluding carboxylic acids is 1. The van der Waals surface area contributed by atoms with Crippen LogP contribution in [0.4, 0.5) is 5.69 Å². The molecule has 1 N–H and O–H groups in total. The Balaban J connectivity index is 1.54. The van der Waals surface area contributed by atoms with Crippen molar-refractivity contribution in [2.75, 3.05) is 25.7 Å². The fraction of sp³-hybridized carbons (Fsp3) is 0.375. The van der Waals surface area contributed by atoms with Gasteiger partial charge in [-0.2, -0.15) is 5.10 Å². The summed E-state index contributed by atoms with van der Waals surface area (Å²) < 4.78 is 12.7. The lowest BCUT2D eigenvalue weighted by molar-refractivity contribution is -0.119. The molecule has 4 heterocycles. The van der Waals surface area contributed by atoms with Gasteiger partial charge in [0.05, 0.1) is 32.3 Å². The van der Waals surface area contributed by atoms with Crippen molar-refractivity contribution in [2.45, 2.75) is 31.5 Å². The number of nitrogens with zero attached hydrogens (tertiary/aromatic N) is 6. The molecule has 10 nitrogen and oxygen atoms in total. The molecule has 1 aromatic carbocycles. The molecule has 34 heavy (non-hydrogen) atoms. The molecule has 0 bridgehead atoms. The summed E-state index contributed by atoms with van der Waals surface area (Å²) in [4.78, 5) is 28.4. The van der Waals surface area contributed by atoms with Crippen LogP contribution < -0.4 is 30.5 Å². The van der Waals surface area contributed by atoms with E-state index in [0.717, 1.165) is 28.7 Å². The van der Waals surface area contributed by atoms with Gasteiger partial charge in [0.1, 0.15) is 23.0 Å². The van der Waals surface area contributed by atoms with Crippen LogP contribution in [0.2, 0.25) is 0 Å². The second kappa shape index (κ2) is 9.12. The van der Waals surface area contributed by atoms with Crippen molar-refractivity contribution in [3.05, 3.63) is 47.6 Å². The van der Waals surface area contributed by atoms with E-state index >= 15 is 0 Å². The summed E-state index contributed by atoms with van der Waals surface area (Å²) >= 11 is 0. The maximum absolute atomic E-state index is 11.9. The quantitative estimate of drug-likeness (QED) is 0.555. The Morgan fingerprint density at radius 2 is 1.97 bits per heavy atom. The number of hydrogen-bond donors (Lipinski definition) is 1. The minimum atomic E-state index is -0.222. The Hall–Kier alpha value is -3.95. The summed E-state index contributed by atoms with van der Waals surface area (Å²) in [5.74, 6) is 1.46. The monoisotopic (exact) mass is 461 g/mol. The number of nitrogens with one attached hydrogen (secondary N) is 1. The molecule has 2 unspecified atom stereocenters. The van der Waals surface area contributed by atoms with Crippen LogP contribution in [0.15, 0.2) is 41.8 Å². The second-order valence-electron chi connectivity index (χ2n) is 8.44. The van der Waals surface area contributed by atoms with E-state index in [2.05, 4.69) is 26.4 Å². The lowest BCUT2D eigenvalue weighted by Gasteiger charge is -2.33. The summed E-state index contributed by atoms with van der Waals surface area (Å²) in [7, 11) is 5.13. The minimum Gasteiger partial charge on any atom is -0.497 e. The van der Waals surface area contributed by atoms with E-state index in [9.17, 15) is 4.79 Å². The molecule has 2 atom stereocenters. The Bertz CT molecular complexity index is 1310. The number of ether oxygens (including phenoxy) is 2. The number of anilines is 1. The molecule has 0 radical (unpaired) electrons. The summed E-state index contributed by atoms with van der Waals surface area (Å²) in [5, 5.41) is 8.06. The highest BCUT2D eigenvalue weighted by Crippen LogP contribution is 2.31. The number of aromatic nitrogens is 4. The lowest BCUT2D eigenvalue weighted by Crippen LogP contribution is -2.47. The lowest BCUT2D eigenvalue weighted by atomic mass is 10.1. The zero-order valence-electron chi connectivity index (χ0n) is 19.4. The van der Waals surface area contributed by atoms with Crippen LogP contribution in [-0.4, -0.2) is 58.6 Å². The van der Waals surface area contributed by atoms with Gasteiger partial charge < -0.3 is 19.7 Å². The fourth-order valence-electron chi connectivity index (χ4n) is 4.34. The predicted octanol–water partition coefficient (Wildman–Crippen LogP) is 0.809. The molecule has 1 saturated heterocycles. The molecule has 1 amide bonds. The number of hydrogen-bond acceptors (Lipinski definition) is 8. The summed E-state index contributed by atoms with van der Waals surface area (Å²) in [5.41, 5.74) is 3.10. The average molecular weight is 462 g/mol. The molecule has 176 valence electrons. The molecule has 3 aromatic rings. The van der Waals surface area contributed by atoms with E-state index in [1.54, 1.807) is 31.3 Å². The Labute approximate surface area is 196 Å². The number of benzene rings is 1. The molecular weight excluding hydrogens is 434 g/mol. The van der Waals surface area contributed by atoms with Crippen molar-refractivity contribution in [3.8, 4) is 22.8 Å². The highest BCUT2D eigenvalue weighted by Gasteiger charge is 2.28. The van der Waals surface area contributed by atoms with E-state index in [1.165, 1.54) is 0 Å². The summed E-state index contributed by atoms with van der Waals surface area (Å²) in [6, 6.07) is 5.79. The van der Waals surface area contributed by atoms with Gasteiger partial charge in [0.15, 0.2) is 5.49 Å². The highest BCUT2D eigenvalue weighted by molar-refractivity contribution is 5.78. The van der Waals surface area contributed by atoms with Gasteiger partial charge in [0, 0.05) is 68.1 Å². The van der Waals surface area contributed by atoms with Crippen molar-refractivity contribution in [2.24, 2.45) is 12.0 Å². The standard InChI is InChI=1S/C24H27N7O3/c1-30-13-15(11-26-30)21-12-25-20-5-6-22(29-24(20)28-21)31(14-16-4-7-23(32)27-16)17-8-18(33-2)10-19(9-17)34-3/h5,8-13,16,22H,4,6-7,14H2,1-3H3,(H,27,32). The largest absolute Gasteiger partial charge is 0.497 e. The third-order valence-corrected chi connectivity index (χ3v) is 6.11. The minimum absolute atomic E-state index is 0.0362. The van der Waals surface area contributed by atoms with Crippen molar-refractivity contribution < 1.29 is 14.3 Å². The van der Waals surface area contributed by atoms with E-state index < -0.39 is 0 Å². The maximum Gasteiger partial charge on any atom is 0.220 e. The SMILES string of the molecule is COc1cc(OC)cc(N(CC2CCC(=O)N2)C2CC=c3ncc(-c4cnn(C)c4)nc3=N2)c1. The van der Waals surface area contributed by atoms with Gasteiger partial charge >= 0.3 is 0 Å². The molecular formula is C24H27N7O3. The van der Waals surface area contributed by atoms with Gasteiger partial charge in [-0.1, -0.05) is 6.08 Å². The van der Waals surface area contributed by atoms with E-state index in [4.69, 9.17) is 19.5 Å². The normalized spacial score (nSPS) is 19.0.